The second kappa shape index (κ2) is 7.71. The molecule has 3 aromatic rings. The number of benzene rings is 2. The van der Waals surface area contributed by atoms with Crippen LogP contribution in [-0.4, -0.2) is 22.6 Å². The zero-order chi connectivity index (χ0) is 20.3. The Kier molecular flexibility index (Phi) is 5.34. The minimum absolute atomic E-state index is 0.0213. The fourth-order valence-electron chi connectivity index (χ4n) is 2.78. The third-order valence-electron chi connectivity index (χ3n) is 4.09. The molecule has 0 saturated heterocycles. The number of nitrogens with zero attached hydrogens (tertiary/aromatic N) is 2. The number of hydrogen-bond donors (Lipinski definition) is 1. The Bertz CT molecular complexity index is 1080. The SMILES string of the molecule is COc1ccccc1CNC(=O)Cn1c(=O)c(C(F)(F)F)nc2ccccc21. The number of carbonyl (C=O) groups excluding carboxylic acids is 1. The maximum absolute atomic E-state index is 13.2. The van der Waals surface area contributed by atoms with E-state index in [1.54, 1.807) is 30.3 Å². The molecular weight excluding hydrogens is 375 g/mol. The van der Waals surface area contributed by atoms with Crippen LogP contribution >= 0.6 is 0 Å². The summed E-state index contributed by atoms with van der Waals surface area (Å²) in [5.74, 6) is -0.0498. The summed E-state index contributed by atoms with van der Waals surface area (Å²) in [6.45, 7) is -0.465. The molecule has 1 N–H and O–H groups in total. The molecule has 0 fully saturated rings. The molecule has 0 bridgehead atoms. The lowest BCUT2D eigenvalue weighted by Crippen LogP contribution is -2.36. The lowest BCUT2D eigenvalue weighted by Gasteiger charge is -2.14. The van der Waals surface area contributed by atoms with E-state index in [-0.39, 0.29) is 17.6 Å². The number of aromatic nitrogens is 2. The Labute approximate surface area is 157 Å². The molecule has 3 rings (SSSR count). The molecule has 0 saturated carbocycles. The zero-order valence-corrected chi connectivity index (χ0v) is 14.8. The van der Waals surface area contributed by atoms with E-state index in [1.165, 1.54) is 25.3 Å². The van der Waals surface area contributed by atoms with Gasteiger partial charge in [-0.1, -0.05) is 30.3 Å². The first-order valence-corrected chi connectivity index (χ1v) is 8.26. The summed E-state index contributed by atoms with van der Waals surface area (Å²) in [6, 6.07) is 12.9. The number of methoxy groups -OCH3 is 1. The number of carbonyl (C=O) groups is 1. The van der Waals surface area contributed by atoms with Gasteiger partial charge in [0.1, 0.15) is 12.3 Å². The molecule has 1 aromatic heterocycles. The highest BCUT2D eigenvalue weighted by atomic mass is 19.4. The molecule has 0 radical (unpaired) electrons. The topological polar surface area (TPSA) is 73.2 Å². The summed E-state index contributed by atoms with van der Waals surface area (Å²) in [5.41, 5.74) is -2.09. The smallest absolute Gasteiger partial charge is 0.438 e. The Hall–Kier alpha value is -3.36. The number of halogens is 3. The van der Waals surface area contributed by atoms with Crippen LogP contribution in [0.15, 0.2) is 53.3 Å². The fraction of sp³-hybridized carbons (Fsp3) is 0.211. The fourth-order valence-corrected chi connectivity index (χ4v) is 2.78. The van der Waals surface area contributed by atoms with E-state index in [1.807, 2.05) is 0 Å². The van der Waals surface area contributed by atoms with Gasteiger partial charge in [0.25, 0.3) is 5.56 Å². The predicted molar refractivity (Wildman–Crippen MR) is 95.8 cm³/mol. The highest BCUT2D eigenvalue weighted by Gasteiger charge is 2.37. The van der Waals surface area contributed by atoms with Gasteiger partial charge in [-0.2, -0.15) is 13.2 Å². The lowest BCUT2D eigenvalue weighted by atomic mass is 10.2. The van der Waals surface area contributed by atoms with Crippen LogP contribution in [0.25, 0.3) is 11.0 Å². The van der Waals surface area contributed by atoms with Crippen molar-refractivity contribution >= 4 is 16.9 Å². The number of ether oxygens (including phenoxy) is 1. The van der Waals surface area contributed by atoms with Gasteiger partial charge < -0.3 is 10.1 Å². The predicted octanol–water partition coefficient (Wildman–Crippen LogP) is 2.74. The highest BCUT2D eigenvalue weighted by molar-refractivity contribution is 5.80. The average Bonchev–Trinajstić information content (AvgIpc) is 2.67. The third-order valence-corrected chi connectivity index (χ3v) is 4.09. The summed E-state index contributed by atoms with van der Waals surface area (Å²) in [7, 11) is 1.49. The van der Waals surface area contributed by atoms with Crippen LogP contribution in [0.4, 0.5) is 13.2 Å². The first-order chi connectivity index (χ1) is 13.3. The summed E-state index contributed by atoms with van der Waals surface area (Å²) < 4.78 is 45.4. The van der Waals surface area contributed by atoms with E-state index in [9.17, 15) is 22.8 Å². The van der Waals surface area contributed by atoms with Crippen molar-refractivity contribution in [2.45, 2.75) is 19.3 Å². The summed E-state index contributed by atoms with van der Waals surface area (Å²) in [4.78, 5) is 28.1. The molecule has 0 unspecified atom stereocenters. The molecular formula is C19H16F3N3O3. The molecule has 6 nitrogen and oxygen atoms in total. The normalized spacial score (nSPS) is 11.4. The van der Waals surface area contributed by atoms with Crippen molar-refractivity contribution in [3.8, 4) is 5.75 Å². The minimum Gasteiger partial charge on any atom is -0.496 e. The number of alkyl halides is 3. The molecule has 1 amide bonds. The summed E-state index contributed by atoms with van der Waals surface area (Å²) in [5, 5.41) is 2.59. The van der Waals surface area contributed by atoms with Gasteiger partial charge in [-0.15, -0.1) is 0 Å². The van der Waals surface area contributed by atoms with Gasteiger partial charge in [-0.3, -0.25) is 14.2 Å². The number of hydrogen-bond acceptors (Lipinski definition) is 4. The van der Waals surface area contributed by atoms with Crippen LogP contribution in [0.3, 0.4) is 0 Å². The Morgan fingerprint density at radius 1 is 1.14 bits per heavy atom. The van der Waals surface area contributed by atoms with Crippen molar-refractivity contribution in [3.63, 3.8) is 0 Å². The minimum atomic E-state index is -4.92. The molecule has 0 aliphatic carbocycles. The van der Waals surface area contributed by atoms with E-state index < -0.39 is 29.9 Å². The molecule has 0 atom stereocenters. The molecule has 1 heterocycles. The maximum atomic E-state index is 13.2. The van der Waals surface area contributed by atoms with Gasteiger partial charge in [0.2, 0.25) is 11.6 Å². The first kappa shape index (κ1) is 19.4. The van der Waals surface area contributed by atoms with Crippen LogP contribution in [0.1, 0.15) is 11.3 Å². The van der Waals surface area contributed by atoms with Crippen molar-refractivity contribution < 1.29 is 22.7 Å². The molecule has 0 spiro atoms. The van der Waals surface area contributed by atoms with E-state index in [0.29, 0.717) is 11.3 Å². The number of rotatable bonds is 5. The van der Waals surface area contributed by atoms with Crippen molar-refractivity contribution in [1.82, 2.24) is 14.9 Å². The first-order valence-electron chi connectivity index (χ1n) is 8.26. The largest absolute Gasteiger partial charge is 0.496 e. The molecule has 28 heavy (non-hydrogen) atoms. The van der Waals surface area contributed by atoms with Gasteiger partial charge in [0, 0.05) is 12.1 Å². The molecule has 0 aliphatic heterocycles. The summed E-state index contributed by atoms with van der Waals surface area (Å²) >= 11 is 0. The van der Waals surface area contributed by atoms with Gasteiger partial charge in [-0.05, 0) is 18.2 Å². The van der Waals surface area contributed by atoms with Gasteiger partial charge in [-0.25, -0.2) is 4.98 Å². The number of amides is 1. The van der Waals surface area contributed by atoms with Crippen LogP contribution in [-0.2, 0) is 24.1 Å². The second-order valence-electron chi connectivity index (χ2n) is 5.93. The average molecular weight is 391 g/mol. The molecule has 9 heteroatoms. The van der Waals surface area contributed by atoms with Crippen LogP contribution in [0.5, 0.6) is 5.75 Å². The summed E-state index contributed by atoms with van der Waals surface area (Å²) in [6.07, 6.45) is -4.92. The third kappa shape index (κ3) is 3.98. The Morgan fingerprint density at radius 2 is 1.82 bits per heavy atom. The van der Waals surface area contributed by atoms with E-state index in [0.717, 1.165) is 4.57 Å². The molecule has 2 aromatic carbocycles. The Balaban J connectivity index is 1.90. The molecule has 0 aliphatic rings. The standard InChI is InChI=1S/C19H16F3N3O3/c1-28-15-9-5-2-6-12(15)10-23-16(26)11-25-14-8-4-3-7-13(14)24-17(18(25)27)19(20,21)22/h2-9H,10-11H2,1H3,(H,23,26). The number of fused-ring (bicyclic) bond motifs is 1. The van der Waals surface area contributed by atoms with Gasteiger partial charge in [0.15, 0.2) is 0 Å². The van der Waals surface area contributed by atoms with Crippen molar-refractivity contribution in [2.75, 3.05) is 7.11 Å². The Morgan fingerprint density at radius 3 is 2.54 bits per heavy atom. The van der Waals surface area contributed by atoms with Crippen LogP contribution < -0.4 is 15.6 Å². The number of nitrogens with one attached hydrogen (secondary N) is 1. The van der Waals surface area contributed by atoms with Crippen LogP contribution in [0.2, 0.25) is 0 Å². The van der Waals surface area contributed by atoms with Crippen molar-refractivity contribution in [2.24, 2.45) is 0 Å². The van der Waals surface area contributed by atoms with E-state index in [2.05, 4.69) is 10.3 Å². The van der Waals surface area contributed by atoms with Crippen LogP contribution in [0, 0.1) is 0 Å². The van der Waals surface area contributed by atoms with E-state index >= 15 is 0 Å². The maximum Gasteiger partial charge on any atom is 0.438 e. The quantitative estimate of drug-likeness (QED) is 0.726. The highest BCUT2D eigenvalue weighted by Crippen LogP contribution is 2.26. The van der Waals surface area contributed by atoms with Crippen molar-refractivity contribution in [3.05, 3.63) is 70.1 Å². The van der Waals surface area contributed by atoms with Gasteiger partial charge in [0.05, 0.1) is 18.1 Å². The zero-order valence-electron chi connectivity index (χ0n) is 14.8. The van der Waals surface area contributed by atoms with E-state index in [4.69, 9.17) is 4.74 Å². The van der Waals surface area contributed by atoms with Crippen molar-refractivity contribution in [1.29, 1.82) is 0 Å². The van der Waals surface area contributed by atoms with Gasteiger partial charge >= 0.3 is 6.18 Å². The molecule has 146 valence electrons. The lowest BCUT2D eigenvalue weighted by molar-refractivity contribution is -0.142. The number of para-hydroxylation sites is 3. The second-order valence-corrected chi connectivity index (χ2v) is 5.93. The monoisotopic (exact) mass is 391 g/mol.